The van der Waals surface area contributed by atoms with E-state index >= 15 is 0 Å². The number of nitrogens with one attached hydrogen (secondary N) is 2. The maximum Gasteiger partial charge on any atom is 0.229 e. The van der Waals surface area contributed by atoms with Crippen molar-refractivity contribution in [3.8, 4) is 0 Å². The van der Waals surface area contributed by atoms with Crippen molar-refractivity contribution in [2.45, 2.75) is 12.8 Å². The number of hydrogen-bond acceptors (Lipinski definition) is 4. The van der Waals surface area contributed by atoms with Crippen molar-refractivity contribution in [2.24, 2.45) is 5.73 Å². The summed E-state index contributed by atoms with van der Waals surface area (Å²) < 4.78 is 0. The minimum Gasteiger partial charge on any atom is -0.330 e. The van der Waals surface area contributed by atoms with Gasteiger partial charge in [-0.05, 0) is 29.6 Å². The van der Waals surface area contributed by atoms with Crippen LogP contribution in [0.4, 0.5) is 11.4 Å². The maximum atomic E-state index is 11.9. The summed E-state index contributed by atoms with van der Waals surface area (Å²) in [6, 6.07) is 8.74. The second-order valence-electron chi connectivity index (χ2n) is 4.59. The normalized spacial score (nSPS) is 10.3. The van der Waals surface area contributed by atoms with E-state index in [4.69, 9.17) is 17.3 Å². The van der Waals surface area contributed by atoms with Crippen LogP contribution in [-0.4, -0.2) is 18.4 Å². The predicted molar refractivity (Wildman–Crippen MR) is 90.4 cm³/mol. The molecule has 2 amide bonds. The Morgan fingerprint density at radius 2 is 2.00 bits per heavy atom. The lowest BCUT2D eigenvalue weighted by atomic mass is 10.2. The molecule has 4 N–H and O–H groups in total. The van der Waals surface area contributed by atoms with E-state index in [1.807, 2.05) is 17.5 Å². The summed E-state index contributed by atoms with van der Waals surface area (Å²) in [5.74, 6) is -0.308. The third-order valence-corrected chi connectivity index (χ3v) is 4.00. The summed E-state index contributed by atoms with van der Waals surface area (Å²) in [6.07, 6.45) is 0.555. The highest BCUT2D eigenvalue weighted by atomic mass is 35.5. The van der Waals surface area contributed by atoms with Gasteiger partial charge in [-0.25, -0.2) is 0 Å². The number of hydrogen-bond donors (Lipinski definition) is 3. The largest absolute Gasteiger partial charge is 0.330 e. The van der Waals surface area contributed by atoms with Crippen LogP contribution in [0.3, 0.4) is 0 Å². The van der Waals surface area contributed by atoms with E-state index in [0.29, 0.717) is 22.8 Å². The summed E-state index contributed by atoms with van der Waals surface area (Å²) in [4.78, 5) is 24.4. The molecule has 0 bridgehead atoms. The zero-order valence-electron chi connectivity index (χ0n) is 11.8. The summed E-state index contributed by atoms with van der Waals surface area (Å²) >= 11 is 7.66. The SMILES string of the molecule is NCCC(=O)Nc1ccc(NC(=O)Cc2cccs2)c(Cl)c1. The Hall–Kier alpha value is -1.89. The number of amides is 2. The fourth-order valence-corrected chi connectivity index (χ4v) is 2.75. The van der Waals surface area contributed by atoms with Crippen LogP contribution in [0.25, 0.3) is 0 Å². The molecule has 0 radical (unpaired) electrons. The molecule has 0 saturated carbocycles. The van der Waals surface area contributed by atoms with E-state index in [1.54, 1.807) is 18.2 Å². The molecule has 0 aliphatic rings. The van der Waals surface area contributed by atoms with Crippen LogP contribution in [-0.2, 0) is 16.0 Å². The molecule has 1 aromatic heterocycles. The number of benzene rings is 1. The van der Waals surface area contributed by atoms with E-state index in [1.165, 1.54) is 11.3 Å². The minimum atomic E-state index is -0.173. The molecule has 0 fully saturated rings. The van der Waals surface area contributed by atoms with Crippen LogP contribution in [0.1, 0.15) is 11.3 Å². The third-order valence-electron chi connectivity index (χ3n) is 2.81. The van der Waals surface area contributed by atoms with Gasteiger partial charge in [0.2, 0.25) is 11.8 Å². The van der Waals surface area contributed by atoms with Crippen molar-refractivity contribution in [3.05, 3.63) is 45.6 Å². The molecular weight excluding hydrogens is 322 g/mol. The van der Waals surface area contributed by atoms with Crippen LogP contribution in [0.2, 0.25) is 5.02 Å². The predicted octanol–water partition coefficient (Wildman–Crippen LogP) is 2.87. The van der Waals surface area contributed by atoms with Gasteiger partial charge in [0.05, 0.1) is 17.1 Å². The summed E-state index contributed by atoms with van der Waals surface area (Å²) in [6.45, 7) is 0.288. The van der Waals surface area contributed by atoms with Crippen LogP contribution in [0, 0.1) is 0 Å². The highest BCUT2D eigenvalue weighted by Gasteiger charge is 2.09. The highest BCUT2D eigenvalue weighted by Crippen LogP contribution is 2.26. The summed E-state index contributed by atoms with van der Waals surface area (Å²) in [5.41, 5.74) is 6.40. The minimum absolute atomic E-state index is 0.135. The molecular formula is C15H16ClN3O2S. The standard InChI is InChI=1S/C15H16ClN3O2S/c16-12-8-10(18-14(20)5-6-17)3-4-13(12)19-15(21)9-11-2-1-7-22-11/h1-4,7-8H,5-6,9,17H2,(H,18,20)(H,19,21). The Bertz CT molecular complexity index is 659. The second kappa shape index (κ2) is 7.93. The maximum absolute atomic E-state index is 11.9. The van der Waals surface area contributed by atoms with E-state index < -0.39 is 0 Å². The average Bonchev–Trinajstić information content (AvgIpc) is 2.95. The van der Waals surface area contributed by atoms with Crippen LogP contribution in [0.15, 0.2) is 35.7 Å². The number of carbonyl (C=O) groups is 2. The van der Waals surface area contributed by atoms with Gasteiger partial charge in [0, 0.05) is 23.5 Å². The zero-order valence-corrected chi connectivity index (χ0v) is 13.3. The Morgan fingerprint density at radius 3 is 2.64 bits per heavy atom. The Kier molecular flexibility index (Phi) is 5.94. The topological polar surface area (TPSA) is 84.2 Å². The van der Waals surface area contributed by atoms with Gasteiger partial charge in [0.1, 0.15) is 0 Å². The molecule has 0 unspecified atom stereocenters. The molecule has 7 heteroatoms. The van der Waals surface area contributed by atoms with Gasteiger partial charge in [0.25, 0.3) is 0 Å². The molecule has 0 aliphatic carbocycles. The number of anilines is 2. The Morgan fingerprint density at radius 1 is 1.18 bits per heavy atom. The van der Waals surface area contributed by atoms with E-state index in [2.05, 4.69) is 10.6 Å². The summed E-state index contributed by atoms with van der Waals surface area (Å²) in [5, 5.41) is 7.73. The van der Waals surface area contributed by atoms with Crippen molar-refractivity contribution in [1.29, 1.82) is 0 Å². The molecule has 1 heterocycles. The van der Waals surface area contributed by atoms with Gasteiger partial charge in [-0.1, -0.05) is 17.7 Å². The van der Waals surface area contributed by atoms with Crippen molar-refractivity contribution in [1.82, 2.24) is 0 Å². The molecule has 0 aliphatic heterocycles. The van der Waals surface area contributed by atoms with E-state index in [0.717, 1.165) is 4.88 Å². The van der Waals surface area contributed by atoms with Crippen LogP contribution >= 0.6 is 22.9 Å². The summed E-state index contributed by atoms with van der Waals surface area (Å²) in [7, 11) is 0. The average molecular weight is 338 g/mol. The first-order valence-electron chi connectivity index (χ1n) is 6.70. The Labute approximate surface area is 137 Å². The Balaban J connectivity index is 1.97. The van der Waals surface area contributed by atoms with Gasteiger partial charge >= 0.3 is 0 Å². The quantitative estimate of drug-likeness (QED) is 0.757. The van der Waals surface area contributed by atoms with Crippen molar-refractivity contribution in [3.63, 3.8) is 0 Å². The molecule has 0 spiro atoms. The van der Waals surface area contributed by atoms with E-state index in [9.17, 15) is 9.59 Å². The lowest BCUT2D eigenvalue weighted by molar-refractivity contribution is -0.116. The molecule has 0 atom stereocenters. The molecule has 2 aromatic rings. The van der Waals surface area contributed by atoms with Gasteiger partial charge in [-0.2, -0.15) is 0 Å². The monoisotopic (exact) mass is 337 g/mol. The van der Waals surface area contributed by atoms with Gasteiger partial charge in [0.15, 0.2) is 0 Å². The molecule has 22 heavy (non-hydrogen) atoms. The second-order valence-corrected chi connectivity index (χ2v) is 6.03. The van der Waals surface area contributed by atoms with Gasteiger partial charge in [-0.3, -0.25) is 9.59 Å². The van der Waals surface area contributed by atoms with Crippen molar-refractivity contribution < 1.29 is 9.59 Å². The first kappa shape index (κ1) is 16.5. The van der Waals surface area contributed by atoms with Crippen molar-refractivity contribution in [2.75, 3.05) is 17.2 Å². The molecule has 116 valence electrons. The molecule has 1 aromatic carbocycles. The number of thiophene rings is 1. The van der Waals surface area contributed by atoms with Crippen LogP contribution < -0.4 is 16.4 Å². The third kappa shape index (κ3) is 4.84. The number of halogens is 1. The van der Waals surface area contributed by atoms with Gasteiger partial charge < -0.3 is 16.4 Å². The molecule has 0 saturated heterocycles. The number of rotatable bonds is 6. The van der Waals surface area contributed by atoms with E-state index in [-0.39, 0.29) is 24.8 Å². The fraction of sp³-hybridized carbons (Fsp3) is 0.200. The van der Waals surface area contributed by atoms with Gasteiger partial charge in [-0.15, -0.1) is 11.3 Å². The molecule has 2 rings (SSSR count). The van der Waals surface area contributed by atoms with Crippen molar-refractivity contribution >= 4 is 46.1 Å². The zero-order chi connectivity index (χ0) is 15.9. The highest BCUT2D eigenvalue weighted by molar-refractivity contribution is 7.10. The lowest BCUT2D eigenvalue weighted by Gasteiger charge is -2.09. The van der Waals surface area contributed by atoms with Crippen LogP contribution in [0.5, 0.6) is 0 Å². The fourth-order valence-electron chi connectivity index (χ4n) is 1.81. The number of nitrogens with two attached hydrogens (primary N) is 1. The molecule has 5 nitrogen and oxygen atoms in total. The first-order chi connectivity index (χ1) is 10.6. The first-order valence-corrected chi connectivity index (χ1v) is 7.96. The smallest absolute Gasteiger partial charge is 0.229 e. The lowest BCUT2D eigenvalue weighted by Crippen LogP contribution is -2.16. The number of carbonyl (C=O) groups excluding carboxylic acids is 2.